The van der Waals surface area contributed by atoms with Crippen molar-refractivity contribution in [1.82, 2.24) is 29.7 Å². The van der Waals surface area contributed by atoms with E-state index in [1.807, 2.05) is 11.6 Å². The number of nitrogens with zero attached hydrogens (tertiary/aromatic N) is 5. The number of imidazole rings is 1. The van der Waals surface area contributed by atoms with Crippen LogP contribution in [-0.4, -0.2) is 89.0 Å². The number of anilines is 1. The topological polar surface area (TPSA) is 123 Å². The summed E-state index contributed by atoms with van der Waals surface area (Å²) in [5, 5.41) is 7.07. The molecule has 0 radical (unpaired) electrons. The number of likely N-dealkylation sites (tertiary alicyclic amines) is 1. The summed E-state index contributed by atoms with van der Waals surface area (Å²) >= 11 is 0. The molecule has 1 saturated carbocycles. The first-order chi connectivity index (χ1) is 21.3. The second kappa shape index (κ2) is 11.3. The minimum Gasteiger partial charge on any atom is -0.494 e. The molecule has 232 valence electrons. The number of aromatic nitrogens is 3. The number of ether oxygens (including phenoxy) is 1. The number of rotatable bonds is 8. The maximum atomic E-state index is 14.2. The van der Waals surface area contributed by atoms with Crippen LogP contribution in [0.2, 0.25) is 0 Å². The second-order valence-corrected chi connectivity index (χ2v) is 12.3. The first kappa shape index (κ1) is 28.5. The van der Waals surface area contributed by atoms with Crippen LogP contribution in [0.15, 0.2) is 36.4 Å². The zero-order valence-corrected chi connectivity index (χ0v) is 25.2. The van der Waals surface area contributed by atoms with Crippen LogP contribution in [0, 0.1) is 0 Å². The van der Waals surface area contributed by atoms with Crippen LogP contribution in [-0.2, 0) is 13.6 Å². The van der Waals surface area contributed by atoms with Gasteiger partial charge in [-0.3, -0.25) is 4.79 Å². The highest BCUT2D eigenvalue weighted by atomic mass is 19.1. The molecular weight excluding hydrogens is 563 g/mol. The summed E-state index contributed by atoms with van der Waals surface area (Å²) in [5.41, 5.74) is 11.1. The van der Waals surface area contributed by atoms with Gasteiger partial charge in [-0.15, -0.1) is 0 Å². The second-order valence-electron chi connectivity index (χ2n) is 12.3. The summed E-state index contributed by atoms with van der Waals surface area (Å²) in [7, 11) is 3.54. The minimum absolute atomic E-state index is 0.0338. The monoisotopic (exact) mass is 602 g/mol. The highest BCUT2D eigenvalue weighted by Gasteiger charge is 2.30. The number of carbonyl (C=O) groups excluding carboxylic acids is 2. The van der Waals surface area contributed by atoms with Crippen molar-refractivity contribution in [3.8, 4) is 17.3 Å². The predicted octanol–water partition coefficient (Wildman–Crippen LogP) is 3.39. The van der Waals surface area contributed by atoms with Crippen LogP contribution in [0.3, 0.4) is 0 Å². The third-order valence-electron chi connectivity index (χ3n) is 8.99. The fraction of sp³-hybridized carbons (Fsp3) is 0.469. The zero-order chi connectivity index (χ0) is 30.5. The Kier molecular flexibility index (Phi) is 7.31. The average molecular weight is 603 g/mol. The highest BCUT2D eigenvalue weighted by Crippen LogP contribution is 2.39. The van der Waals surface area contributed by atoms with E-state index in [4.69, 9.17) is 15.5 Å². The molecule has 11 nitrogen and oxygen atoms in total. The molecule has 0 bridgehead atoms. The largest absolute Gasteiger partial charge is 0.494 e. The zero-order valence-electron chi connectivity index (χ0n) is 25.2. The molecule has 4 heterocycles. The van der Waals surface area contributed by atoms with E-state index in [1.165, 1.54) is 4.90 Å². The Morgan fingerprint density at radius 1 is 1.14 bits per heavy atom. The SMILES string of the molecule is COc1cc(C(=O)N2C[C@H](N)C[C@@H](F)C2)cc2nc(-c3cc4cccc5c4n3CCN5CCCNC(=O)NC3CC3)n(C)c12. The van der Waals surface area contributed by atoms with Gasteiger partial charge >= 0.3 is 6.03 Å². The van der Waals surface area contributed by atoms with Crippen LogP contribution in [0.4, 0.5) is 14.9 Å². The molecule has 2 aliphatic heterocycles. The summed E-state index contributed by atoms with van der Waals surface area (Å²) in [6.07, 6.45) is 2.13. The molecule has 44 heavy (non-hydrogen) atoms. The van der Waals surface area contributed by atoms with Crippen LogP contribution in [0.1, 0.15) is 36.0 Å². The van der Waals surface area contributed by atoms with Gasteiger partial charge in [0.1, 0.15) is 17.4 Å². The molecule has 1 aliphatic carbocycles. The Labute approximate surface area is 255 Å². The average Bonchev–Trinajstić information content (AvgIpc) is 3.65. The van der Waals surface area contributed by atoms with Crippen molar-refractivity contribution < 1.29 is 18.7 Å². The van der Waals surface area contributed by atoms with Crippen molar-refractivity contribution in [3.63, 3.8) is 0 Å². The lowest BCUT2D eigenvalue weighted by atomic mass is 10.0. The number of amides is 3. The summed E-state index contributed by atoms with van der Waals surface area (Å²) in [6.45, 7) is 3.44. The highest BCUT2D eigenvalue weighted by molar-refractivity contribution is 6.01. The summed E-state index contributed by atoms with van der Waals surface area (Å²) in [5.74, 6) is 1.03. The Bertz CT molecular complexity index is 1730. The number of piperidine rings is 1. The van der Waals surface area contributed by atoms with Gasteiger partial charge in [-0.2, -0.15) is 0 Å². The number of nitrogens with two attached hydrogens (primary N) is 1. The third kappa shape index (κ3) is 5.21. The van der Waals surface area contributed by atoms with Gasteiger partial charge in [0.2, 0.25) is 0 Å². The van der Waals surface area contributed by atoms with Gasteiger partial charge < -0.3 is 40.0 Å². The Hall–Kier alpha value is -4.32. The van der Waals surface area contributed by atoms with E-state index < -0.39 is 6.17 Å². The van der Waals surface area contributed by atoms with Gasteiger partial charge in [0.15, 0.2) is 5.82 Å². The number of hydrogen-bond donors (Lipinski definition) is 3. The van der Waals surface area contributed by atoms with Gasteiger partial charge in [-0.25, -0.2) is 14.2 Å². The van der Waals surface area contributed by atoms with Gasteiger partial charge in [0, 0.05) is 62.8 Å². The number of halogens is 1. The number of nitrogens with one attached hydrogen (secondary N) is 2. The van der Waals surface area contributed by atoms with Crippen molar-refractivity contribution in [3.05, 3.63) is 42.0 Å². The molecule has 2 fully saturated rings. The maximum Gasteiger partial charge on any atom is 0.315 e. The van der Waals surface area contributed by atoms with E-state index in [1.54, 1.807) is 19.2 Å². The number of carbonyl (C=O) groups is 2. The van der Waals surface area contributed by atoms with Crippen LogP contribution in [0.5, 0.6) is 5.75 Å². The number of aryl methyl sites for hydroxylation is 1. The standard InChI is InChI=1S/C32H39FN8O3/c1-38-29-24(13-20(15-27(29)44-2)31(42)40-17-21(33)16-22(34)18-40)37-30(38)26-14-19-5-3-6-25-28(19)41(26)12-11-39(25)10-4-9-35-32(43)36-23-7-8-23/h3,5-6,13-15,21-23H,4,7-12,16-18,34H2,1-2H3,(H2,35,36,43)/t21-,22-/m1/s1. The molecule has 7 rings (SSSR count). The van der Waals surface area contributed by atoms with Gasteiger partial charge in [0.05, 0.1) is 36.1 Å². The summed E-state index contributed by atoms with van der Waals surface area (Å²) < 4.78 is 24.3. The number of methoxy groups -OCH3 is 1. The molecule has 3 amide bonds. The van der Waals surface area contributed by atoms with Crippen molar-refractivity contribution in [2.24, 2.45) is 12.8 Å². The van der Waals surface area contributed by atoms with Crippen molar-refractivity contribution in [2.75, 3.05) is 44.7 Å². The van der Waals surface area contributed by atoms with E-state index >= 15 is 0 Å². The third-order valence-corrected chi connectivity index (χ3v) is 8.99. The molecule has 2 aromatic heterocycles. The lowest BCUT2D eigenvalue weighted by Crippen LogP contribution is -2.50. The van der Waals surface area contributed by atoms with Crippen molar-refractivity contribution in [1.29, 1.82) is 0 Å². The molecule has 3 aliphatic rings. The molecule has 4 aromatic rings. The maximum absolute atomic E-state index is 14.2. The normalized spacial score (nSPS) is 19.9. The number of fused-ring (bicyclic) bond motifs is 1. The Morgan fingerprint density at radius 3 is 2.75 bits per heavy atom. The number of para-hydroxylation sites is 1. The molecule has 0 spiro atoms. The van der Waals surface area contributed by atoms with Crippen molar-refractivity contribution in [2.45, 2.75) is 50.5 Å². The first-order valence-electron chi connectivity index (χ1n) is 15.5. The molecule has 0 unspecified atom stereocenters. The lowest BCUT2D eigenvalue weighted by molar-refractivity contribution is 0.0606. The molecule has 2 atom stereocenters. The fourth-order valence-corrected chi connectivity index (χ4v) is 6.73. The van der Waals surface area contributed by atoms with Crippen LogP contribution in [0.25, 0.3) is 33.5 Å². The van der Waals surface area contributed by atoms with Gasteiger partial charge in [-0.1, -0.05) is 12.1 Å². The van der Waals surface area contributed by atoms with E-state index in [0.717, 1.165) is 72.5 Å². The predicted molar refractivity (Wildman–Crippen MR) is 168 cm³/mol. The van der Waals surface area contributed by atoms with Crippen LogP contribution >= 0.6 is 0 Å². The first-order valence-corrected chi connectivity index (χ1v) is 15.5. The molecular formula is C32H39FN8O3. The van der Waals surface area contributed by atoms with E-state index in [0.29, 0.717) is 36.0 Å². The van der Waals surface area contributed by atoms with E-state index in [2.05, 4.69) is 44.4 Å². The molecule has 4 N–H and O–H groups in total. The van der Waals surface area contributed by atoms with Gasteiger partial charge in [-0.05, 0) is 49.9 Å². The van der Waals surface area contributed by atoms with E-state index in [-0.39, 0.29) is 30.9 Å². The Morgan fingerprint density at radius 2 is 1.98 bits per heavy atom. The van der Waals surface area contributed by atoms with Crippen LogP contribution < -0.4 is 26.0 Å². The number of benzene rings is 2. The van der Waals surface area contributed by atoms with Gasteiger partial charge in [0.25, 0.3) is 5.91 Å². The van der Waals surface area contributed by atoms with Crippen molar-refractivity contribution >= 4 is 39.6 Å². The Balaban J connectivity index is 1.17. The molecule has 12 heteroatoms. The molecule has 2 aromatic carbocycles. The quantitative estimate of drug-likeness (QED) is 0.266. The minimum atomic E-state index is -1.13. The number of hydrogen-bond acceptors (Lipinski definition) is 6. The summed E-state index contributed by atoms with van der Waals surface area (Å²) in [4.78, 5) is 34.3. The fourth-order valence-electron chi connectivity index (χ4n) is 6.73. The molecule has 1 saturated heterocycles. The number of alkyl halides is 1. The smallest absolute Gasteiger partial charge is 0.315 e. The summed E-state index contributed by atoms with van der Waals surface area (Å²) in [6, 6.07) is 11.9. The van der Waals surface area contributed by atoms with E-state index in [9.17, 15) is 14.0 Å². The lowest BCUT2D eigenvalue weighted by Gasteiger charge is -2.33. The number of urea groups is 1.